The highest BCUT2D eigenvalue weighted by Crippen LogP contribution is 2.35. The van der Waals surface area contributed by atoms with Gasteiger partial charge in [-0.2, -0.15) is 0 Å². The minimum atomic E-state index is 0. The Morgan fingerprint density at radius 2 is 2.28 bits per heavy atom. The number of fused-ring (bicyclic) bond motifs is 1. The first-order valence-corrected chi connectivity index (χ1v) is 6.06. The molecule has 0 heterocycles. The van der Waals surface area contributed by atoms with Gasteiger partial charge in [-0.3, -0.25) is 4.90 Å². The summed E-state index contributed by atoms with van der Waals surface area (Å²) in [6.45, 7) is 0.704. The van der Waals surface area contributed by atoms with E-state index in [1.165, 1.54) is 24.0 Å². The largest absolute Gasteiger partial charge is 0.497 e. The number of benzene rings is 1. The van der Waals surface area contributed by atoms with Crippen LogP contribution in [0.25, 0.3) is 0 Å². The zero-order chi connectivity index (χ0) is 12.3. The second-order valence-electron chi connectivity index (χ2n) is 4.59. The molecule has 1 aromatic carbocycles. The minimum Gasteiger partial charge on any atom is -0.497 e. The molecule has 1 unspecified atom stereocenters. The van der Waals surface area contributed by atoms with Gasteiger partial charge in [0.05, 0.1) is 13.7 Å². The molecule has 0 aromatic heterocycles. The molecule has 0 bridgehead atoms. The first kappa shape index (κ1) is 14.9. The third kappa shape index (κ3) is 2.98. The molecule has 98 valence electrons. The predicted molar refractivity (Wildman–Crippen MR) is 77.4 cm³/mol. The van der Waals surface area contributed by atoms with E-state index in [0.717, 1.165) is 12.2 Å². The summed E-state index contributed by atoms with van der Waals surface area (Å²) in [6.07, 6.45) is 8.95. The van der Waals surface area contributed by atoms with Crippen LogP contribution in [0.4, 0.5) is 0 Å². The number of ether oxygens (including phenoxy) is 1. The van der Waals surface area contributed by atoms with Gasteiger partial charge in [-0.1, -0.05) is 12.0 Å². The second kappa shape index (κ2) is 6.68. The molecule has 0 N–H and O–H groups in total. The number of halogens is 1. The Morgan fingerprint density at radius 3 is 2.94 bits per heavy atom. The number of hydrogen-bond acceptors (Lipinski definition) is 2. The van der Waals surface area contributed by atoms with Gasteiger partial charge < -0.3 is 4.74 Å². The smallest absolute Gasteiger partial charge is 0.119 e. The summed E-state index contributed by atoms with van der Waals surface area (Å²) < 4.78 is 5.28. The Hall–Kier alpha value is -1.17. The fourth-order valence-corrected chi connectivity index (χ4v) is 2.60. The molecule has 1 aliphatic carbocycles. The van der Waals surface area contributed by atoms with Crippen LogP contribution >= 0.6 is 12.4 Å². The number of aryl methyl sites for hydroxylation is 1. The molecule has 0 saturated heterocycles. The molecule has 0 amide bonds. The van der Waals surface area contributed by atoms with E-state index in [2.05, 4.69) is 30.0 Å². The number of terminal acetylenes is 1. The van der Waals surface area contributed by atoms with E-state index in [9.17, 15) is 0 Å². The van der Waals surface area contributed by atoms with E-state index in [0.29, 0.717) is 12.6 Å². The lowest BCUT2D eigenvalue weighted by Gasteiger charge is -2.32. The van der Waals surface area contributed by atoms with Crippen molar-refractivity contribution >= 4 is 12.4 Å². The van der Waals surface area contributed by atoms with E-state index < -0.39 is 0 Å². The van der Waals surface area contributed by atoms with E-state index in [1.807, 2.05) is 6.07 Å². The summed E-state index contributed by atoms with van der Waals surface area (Å²) in [4.78, 5) is 2.25. The molecule has 0 saturated carbocycles. The van der Waals surface area contributed by atoms with Crippen LogP contribution in [-0.2, 0) is 6.42 Å². The molecule has 0 aliphatic heterocycles. The average molecular weight is 266 g/mol. The summed E-state index contributed by atoms with van der Waals surface area (Å²) in [5.41, 5.74) is 2.82. The van der Waals surface area contributed by atoms with Crippen LogP contribution in [0.2, 0.25) is 0 Å². The number of hydrogen-bond donors (Lipinski definition) is 0. The lowest BCUT2D eigenvalue weighted by molar-refractivity contribution is 0.246. The Bertz CT molecular complexity index is 439. The monoisotopic (exact) mass is 265 g/mol. The highest BCUT2D eigenvalue weighted by Gasteiger charge is 2.23. The maximum absolute atomic E-state index is 5.39. The van der Waals surface area contributed by atoms with Crippen molar-refractivity contribution in [1.29, 1.82) is 0 Å². The molecule has 2 nitrogen and oxygen atoms in total. The maximum atomic E-state index is 5.39. The van der Waals surface area contributed by atoms with Crippen molar-refractivity contribution in [2.75, 3.05) is 20.7 Å². The molecule has 1 aliphatic rings. The van der Waals surface area contributed by atoms with Gasteiger partial charge in [-0.25, -0.2) is 0 Å². The number of rotatable bonds is 3. The lowest BCUT2D eigenvalue weighted by atomic mass is 9.87. The van der Waals surface area contributed by atoms with Crippen LogP contribution in [0, 0.1) is 12.3 Å². The third-order valence-corrected chi connectivity index (χ3v) is 3.51. The zero-order valence-electron chi connectivity index (χ0n) is 11.0. The van der Waals surface area contributed by atoms with Gasteiger partial charge in [0.1, 0.15) is 5.75 Å². The van der Waals surface area contributed by atoms with Gasteiger partial charge in [0.15, 0.2) is 0 Å². The molecule has 2 rings (SSSR count). The van der Waals surface area contributed by atoms with Crippen LogP contribution in [0.1, 0.15) is 30.0 Å². The maximum Gasteiger partial charge on any atom is 0.119 e. The summed E-state index contributed by atoms with van der Waals surface area (Å²) in [6, 6.07) is 6.84. The number of methoxy groups -OCH3 is 1. The van der Waals surface area contributed by atoms with Gasteiger partial charge in [0.2, 0.25) is 0 Å². The SMILES string of the molecule is C#CCN(C)C1CCCc2cc(OC)ccc21.Cl. The zero-order valence-corrected chi connectivity index (χ0v) is 11.8. The molecule has 0 spiro atoms. The number of nitrogens with zero attached hydrogens (tertiary/aromatic N) is 1. The summed E-state index contributed by atoms with van der Waals surface area (Å²) in [5, 5.41) is 0. The van der Waals surface area contributed by atoms with Crippen LogP contribution in [-0.4, -0.2) is 25.6 Å². The average Bonchev–Trinajstić information content (AvgIpc) is 2.37. The second-order valence-corrected chi connectivity index (χ2v) is 4.59. The molecule has 1 atom stereocenters. The van der Waals surface area contributed by atoms with E-state index in [4.69, 9.17) is 11.2 Å². The Balaban J connectivity index is 0.00000162. The first-order chi connectivity index (χ1) is 8.26. The van der Waals surface area contributed by atoms with Gasteiger partial charge in [0.25, 0.3) is 0 Å². The van der Waals surface area contributed by atoms with Gasteiger partial charge in [0, 0.05) is 6.04 Å². The van der Waals surface area contributed by atoms with E-state index in [-0.39, 0.29) is 12.4 Å². The molecular weight excluding hydrogens is 246 g/mol. The highest BCUT2D eigenvalue weighted by atomic mass is 35.5. The fraction of sp³-hybridized carbons (Fsp3) is 0.467. The molecule has 18 heavy (non-hydrogen) atoms. The summed E-state index contributed by atoms with van der Waals surface area (Å²) in [7, 11) is 3.82. The normalized spacial score (nSPS) is 17.6. The van der Waals surface area contributed by atoms with Crippen molar-refractivity contribution in [2.24, 2.45) is 0 Å². The first-order valence-electron chi connectivity index (χ1n) is 6.06. The minimum absolute atomic E-state index is 0. The van der Waals surface area contributed by atoms with Gasteiger partial charge in [-0.05, 0) is 49.6 Å². The van der Waals surface area contributed by atoms with Crippen molar-refractivity contribution in [1.82, 2.24) is 4.90 Å². The van der Waals surface area contributed by atoms with E-state index in [1.54, 1.807) is 7.11 Å². The predicted octanol–water partition coefficient (Wildman–Crippen LogP) is 3.06. The lowest BCUT2D eigenvalue weighted by Crippen LogP contribution is -2.28. The topological polar surface area (TPSA) is 12.5 Å². The van der Waals surface area contributed by atoms with Gasteiger partial charge >= 0.3 is 0 Å². The molecule has 1 aromatic rings. The third-order valence-electron chi connectivity index (χ3n) is 3.51. The van der Waals surface area contributed by atoms with Crippen LogP contribution in [0.3, 0.4) is 0 Å². The Morgan fingerprint density at radius 1 is 1.50 bits per heavy atom. The van der Waals surface area contributed by atoms with Crippen LogP contribution in [0.15, 0.2) is 18.2 Å². The molecule has 0 radical (unpaired) electrons. The van der Waals surface area contributed by atoms with Crippen molar-refractivity contribution < 1.29 is 4.74 Å². The summed E-state index contributed by atoms with van der Waals surface area (Å²) >= 11 is 0. The van der Waals surface area contributed by atoms with E-state index >= 15 is 0 Å². The van der Waals surface area contributed by atoms with Crippen LogP contribution in [0.5, 0.6) is 5.75 Å². The Kier molecular flexibility index (Phi) is 5.53. The van der Waals surface area contributed by atoms with Gasteiger partial charge in [-0.15, -0.1) is 18.8 Å². The standard InChI is InChI=1S/C15H19NO.ClH/c1-4-10-16(2)15-7-5-6-12-11-13(17-3)8-9-14(12)15;/h1,8-9,11,15H,5-7,10H2,2-3H3;1H. The molecule has 3 heteroatoms. The molecule has 0 fully saturated rings. The molecular formula is C15H20ClNO. The van der Waals surface area contributed by atoms with Crippen molar-refractivity contribution in [2.45, 2.75) is 25.3 Å². The van der Waals surface area contributed by atoms with Crippen molar-refractivity contribution in [3.63, 3.8) is 0 Å². The Labute approximate surface area is 116 Å². The quantitative estimate of drug-likeness (QED) is 0.779. The fourth-order valence-electron chi connectivity index (χ4n) is 2.60. The van der Waals surface area contributed by atoms with Crippen LogP contribution < -0.4 is 4.74 Å². The van der Waals surface area contributed by atoms with Crippen molar-refractivity contribution in [3.8, 4) is 18.1 Å². The highest BCUT2D eigenvalue weighted by molar-refractivity contribution is 5.85. The van der Waals surface area contributed by atoms with Crippen molar-refractivity contribution in [3.05, 3.63) is 29.3 Å². The summed E-state index contributed by atoms with van der Waals surface area (Å²) in [5.74, 6) is 3.67.